The highest BCUT2D eigenvalue weighted by molar-refractivity contribution is 7.89. The molecule has 216 valence electrons. The van der Waals surface area contributed by atoms with Gasteiger partial charge in [-0.3, -0.25) is 9.78 Å². The van der Waals surface area contributed by atoms with E-state index in [2.05, 4.69) is 27.9 Å². The normalized spacial score (nSPS) is 19.6. The first kappa shape index (κ1) is 28.3. The van der Waals surface area contributed by atoms with Crippen molar-refractivity contribution >= 4 is 21.6 Å². The second-order valence-corrected chi connectivity index (χ2v) is 13.2. The molecule has 1 saturated carbocycles. The van der Waals surface area contributed by atoms with Gasteiger partial charge >= 0.3 is 0 Å². The van der Waals surface area contributed by atoms with Gasteiger partial charge in [-0.05, 0) is 104 Å². The van der Waals surface area contributed by atoms with E-state index in [1.54, 1.807) is 12.1 Å². The Balaban J connectivity index is 1.31. The molecule has 0 aliphatic heterocycles. The van der Waals surface area contributed by atoms with Gasteiger partial charge in [-0.15, -0.1) is 0 Å². The number of hydrogen-bond acceptors (Lipinski definition) is 4. The molecule has 6 nitrogen and oxygen atoms in total. The molecule has 3 aromatic carbocycles. The van der Waals surface area contributed by atoms with Crippen LogP contribution < -0.4 is 9.62 Å². The van der Waals surface area contributed by atoms with Gasteiger partial charge < -0.3 is 4.90 Å². The van der Waals surface area contributed by atoms with E-state index in [9.17, 15) is 13.2 Å². The zero-order valence-electron chi connectivity index (χ0n) is 24.2. The number of aryl methyl sites for hydroxylation is 3. The Bertz CT molecular complexity index is 1690. The Hall–Kier alpha value is -3.81. The van der Waals surface area contributed by atoms with E-state index in [0.29, 0.717) is 13.0 Å². The number of nitrogens with one attached hydrogen (secondary N) is 1. The number of nitrogens with zero attached hydrogens (tertiary/aromatic N) is 2. The number of anilines is 1. The molecule has 2 aliphatic carbocycles. The monoisotopic (exact) mass is 579 g/mol. The molecule has 0 unspecified atom stereocenters. The maximum Gasteiger partial charge on any atom is 0.241 e. The third-order valence-corrected chi connectivity index (χ3v) is 10.0. The summed E-state index contributed by atoms with van der Waals surface area (Å²) in [6.45, 7) is 4.36. The standard InChI is InChI=1S/C35H37N3O3S/c1-3-25-15-19-30(20-16-25)42(40,41)37-34-14-8-12-27-17-18-29(21-32(27)34)38(23-28-13-7-9-24(2)36-28)35(39)33-22-31(33)26-10-5-4-6-11-26/h4-7,9-11,13,15-21,31,33-34,37H,3,8,12,14,22-23H2,1-2H3/t31-,33+,34-/m0/s1. The Morgan fingerprint density at radius 1 is 0.976 bits per heavy atom. The fourth-order valence-electron chi connectivity index (χ4n) is 6.12. The zero-order chi connectivity index (χ0) is 29.3. The van der Waals surface area contributed by atoms with E-state index < -0.39 is 10.0 Å². The second-order valence-electron chi connectivity index (χ2n) is 11.5. The van der Waals surface area contributed by atoms with Gasteiger partial charge in [0, 0.05) is 23.3 Å². The molecule has 3 atom stereocenters. The summed E-state index contributed by atoms with van der Waals surface area (Å²) in [7, 11) is -3.71. The van der Waals surface area contributed by atoms with Crippen LogP contribution in [0.2, 0.25) is 0 Å². The first-order valence-corrected chi connectivity index (χ1v) is 16.3. The first-order valence-electron chi connectivity index (χ1n) is 14.9. The van der Waals surface area contributed by atoms with Crippen molar-refractivity contribution in [2.24, 2.45) is 5.92 Å². The predicted molar refractivity (Wildman–Crippen MR) is 166 cm³/mol. The van der Waals surface area contributed by atoms with Gasteiger partial charge in [0.15, 0.2) is 0 Å². The molecule has 1 N–H and O–H groups in total. The minimum absolute atomic E-state index is 0.0797. The van der Waals surface area contributed by atoms with Gasteiger partial charge in [-0.1, -0.05) is 61.5 Å². The van der Waals surface area contributed by atoms with E-state index >= 15 is 0 Å². The smallest absolute Gasteiger partial charge is 0.241 e. The molecule has 1 aromatic heterocycles. The summed E-state index contributed by atoms with van der Waals surface area (Å²) in [5, 5.41) is 0. The highest BCUT2D eigenvalue weighted by Gasteiger charge is 2.46. The molecule has 42 heavy (non-hydrogen) atoms. The number of rotatable bonds is 9. The van der Waals surface area contributed by atoms with Crippen LogP contribution >= 0.6 is 0 Å². The molecule has 1 amide bonds. The van der Waals surface area contributed by atoms with Crippen LogP contribution in [0.25, 0.3) is 0 Å². The van der Waals surface area contributed by atoms with Gasteiger partial charge in [0.25, 0.3) is 0 Å². The SMILES string of the molecule is CCc1ccc(S(=O)(=O)N[C@H]2CCCc3ccc(N(Cc4cccc(C)n4)C(=O)[C@@H]4C[C@H]4c4ccccc4)cc32)cc1. The summed E-state index contributed by atoms with van der Waals surface area (Å²) in [6, 6.07) is 28.9. The predicted octanol–water partition coefficient (Wildman–Crippen LogP) is 6.65. The van der Waals surface area contributed by atoms with Crippen molar-refractivity contribution in [2.75, 3.05) is 4.90 Å². The third-order valence-electron chi connectivity index (χ3n) is 8.56. The zero-order valence-corrected chi connectivity index (χ0v) is 25.0. The molecule has 1 fully saturated rings. The van der Waals surface area contributed by atoms with Crippen molar-refractivity contribution in [3.63, 3.8) is 0 Å². The molecule has 0 radical (unpaired) electrons. The fourth-order valence-corrected chi connectivity index (χ4v) is 7.37. The lowest BCUT2D eigenvalue weighted by Crippen LogP contribution is -2.34. The lowest BCUT2D eigenvalue weighted by Gasteiger charge is -2.29. The maximum absolute atomic E-state index is 14.1. The third kappa shape index (κ3) is 6.03. The number of pyridine rings is 1. The quantitative estimate of drug-likeness (QED) is 0.241. The number of carbonyl (C=O) groups is 1. The molecular weight excluding hydrogens is 542 g/mol. The number of fused-ring (bicyclic) bond motifs is 1. The van der Waals surface area contributed by atoms with Crippen LogP contribution in [-0.4, -0.2) is 19.3 Å². The van der Waals surface area contributed by atoms with Crippen molar-refractivity contribution in [2.45, 2.75) is 69.4 Å². The summed E-state index contributed by atoms with van der Waals surface area (Å²) < 4.78 is 29.8. The van der Waals surface area contributed by atoms with Crippen molar-refractivity contribution in [1.29, 1.82) is 0 Å². The number of sulfonamides is 1. The van der Waals surface area contributed by atoms with Crippen LogP contribution in [0.1, 0.15) is 71.8 Å². The van der Waals surface area contributed by atoms with E-state index in [-0.39, 0.29) is 28.7 Å². The van der Waals surface area contributed by atoms with E-state index in [4.69, 9.17) is 0 Å². The Kier molecular flexibility index (Phi) is 7.97. The summed E-state index contributed by atoms with van der Waals surface area (Å²) in [6.07, 6.45) is 4.16. The van der Waals surface area contributed by atoms with Crippen molar-refractivity contribution in [3.8, 4) is 0 Å². The molecule has 0 spiro atoms. The number of hydrogen-bond donors (Lipinski definition) is 1. The van der Waals surface area contributed by atoms with Crippen LogP contribution in [0.4, 0.5) is 5.69 Å². The first-order chi connectivity index (χ1) is 20.3. The molecule has 4 aromatic rings. The second kappa shape index (κ2) is 11.8. The van der Waals surface area contributed by atoms with Gasteiger partial charge in [-0.25, -0.2) is 13.1 Å². The van der Waals surface area contributed by atoms with Gasteiger partial charge in [0.2, 0.25) is 15.9 Å². The molecule has 0 bridgehead atoms. The van der Waals surface area contributed by atoms with Crippen molar-refractivity contribution in [1.82, 2.24) is 9.71 Å². The minimum Gasteiger partial charge on any atom is -0.306 e. The number of carbonyl (C=O) groups excluding carboxylic acids is 1. The van der Waals surface area contributed by atoms with Crippen LogP contribution in [0.3, 0.4) is 0 Å². The van der Waals surface area contributed by atoms with Gasteiger partial charge in [-0.2, -0.15) is 0 Å². The van der Waals surface area contributed by atoms with Crippen LogP contribution in [-0.2, 0) is 34.2 Å². The summed E-state index contributed by atoms with van der Waals surface area (Å²) >= 11 is 0. The molecule has 2 aliphatic rings. The number of benzene rings is 3. The molecule has 6 rings (SSSR count). The summed E-state index contributed by atoms with van der Waals surface area (Å²) in [5.74, 6) is 0.202. The lowest BCUT2D eigenvalue weighted by atomic mass is 9.87. The van der Waals surface area contributed by atoms with Crippen molar-refractivity contribution < 1.29 is 13.2 Å². The number of aromatic nitrogens is 1. The highest BCUT2D eigenvalue weighted by atomic mass is 32.2. The Morgan fingerprint density at radius 2 is 1.76 bits per heavy atom. The minimum atomic E-state index is -3.71. The summed E-state index contributed by atoms with van der Waals surface area (Å²) in [5.41, 5.74) is 6.85. The maximum atomic E-state index is 14.1. The van der Waals surface area contributed by atoms with E-state index in [1.165, 1.54) is 5.56 Å². The van der Waals surface area contributed by atoms with E-state index in [0.717, 1.165) is 59.4 Å². The molecular formula is C35H37N3O3S. The Labute approximate surface area is 248 Å². The fraction of sp³-hybridized carbons (Fsp3) is 0.314. The van der Waals surface area contributed by atoms with E-state index in [1.807, 2.05) is 79.4 Å². The lowest BCUT2D eigenvalue weighted by molar-refractivity contribution is -0.120. The average molecular weight is 580 g/mol. The summed E-state index contributed by atoms with van der Waals surface area (Å²) in [4.78, 5) is 20.9. The average Bonchev–Trinajstić information content (AvgIpc) is 3.81. The molecule has 0 saturated heterocycles. The number of amides is 1. The molecule has 1 heterocycles. The Morgan fingerprint density at radius 3 is 2.50 bits per heavy atom. The topological polar surface area (TPSA) is 79.4 Å². The molecule has 7 heteroatoms. The van der Waals surface area contributed by atoms with Crippen LogP contribution in [0.5, 0.6) is 0 Å². The van der Waals surface area contributed by atoms with Crippen LogP contribution in [0.15, 0.2) is 95.9 Å². The van der Waals surface area contributed by atoms with Gasteiger partial charge in [0.1, 0.15) is 0 Å². The van der Waals surface area contributed by atoms with Crippen LogP contribution in [0, 0.1) is 12.8 Å². The highest BCUT2D eigenvalue weighted by Crippen LogP contribution is 2.49. The van der Waals surface area contributed by atoms with Crippen molar-refractivity contribution in [3.05, 3.63) is 125 Å². The largest absolute Gasteiger partial charge is 0.306 e. The van der Waals surface area contributed by atoms with Gasteiger partial charge in [0.05, 0.1) is 17.1 Å².